The number of ketones is 1. The fraction of sp³-hybridized carbons (Fsp3) is 0.320. The molecule has 0 radical (unpaired) electrons. The van der Waals surface area contributed by atoms with Crippen molar-refractivity contribution < 1.29 is 14.3 Å². The van der Waals surface area contributed by atoms with E-state index in [1.54, 1.807) is 0 Å². The van der Waals surface area contributed by atoms with Gasteiger partial charge in [0.25, 0.3) is 0 Å². The van der Waals surface area contributed by atoms with Gasteiger partial charge in [-0.25, -0.2) is 4.98 Å². The average molecular weight is 437 g/mol. The van der Waals surface area contributed by atoms with E-state index in [1.165, 1.54) is 16.9 Å². The van der Waals surface area contributed by atoms with Crippen LogP contribution in [0.25, 0.3) is 11.3 Å². The smallest absolute Gasteiger partial charge is 0.226 e. The molecule has 0 fully saturated rings. The van der Waals surface area contributed by atoms with Gasteiger partial charge >= 0.3 is 0 Å². The van der Waals surface area contributed by atoms with E-state index in [0.29, 0.717) is 23.2 Å². The second kappa shape index (κ2) is 10.4. The Kier molecular flexibility index (Phi) is 7.58. The summed E-state index contributed by atoms with van der Waals surface area (Å²) in [6.07, 6.45) is 0.296. The van der Waals surface area contributed by atoms with E-state index in [-0.39, 0.29) is 24.5 Å². The lowest BCUT2D eigenvalue weighted by molar-refractivity contribution is -0.116. The van der Waals surface area contributed by atoms with E-state index in [9.17, 15) is 9.59 Å². The Balaban J connectivity index is 1.57. The van der Waals surface area contributed by atoms with Crippen molar-refractivity contribution >= 4 is 28.2 Å². The first-order chi connectivity index (χ1) is 14.9. The molecule has 1 amide bonds. The van der Waals surface area contributed by atoms with Gasteiger partial charge in [-0.3, -0.25) is 9.59 Å². The number of rotatable bonds is 9. The Morgan fingerprint density at radius 2 is 1.71 bits per heavy atom. The second-order valence-corrected chi connectivity index (χ2v) is 8.83. The number of aromatic nitrogens is 1. The third-order valence-corrected chi connectivity index (χ3v) is 5.85. The maximum Gasteiger partial charge on any atom is 0.226 e. The Morgan fingerprint density at radius 1 is 1.03 bits per heavy atom. The Labute approximate surface area is 187 Å². The lowest BCUT2D eigenvalue weighted by Crippen LogP contribution is -2.13. The Morgan fingerprint density at radius 3 is 2.32 bits per heavy atom. The van der Waals surface area contributed by atoms with Crippen molar-refractivity contribution in [1.29, 1.82) is 0 Å². The zero-order chi connectivity index (χ0) is 22.4. The number of carbonyl (C=O) groups is 2. The molecule has 162 valence electrons. The fourth-order valence-electron chi connectivity index (χ4n) is 3.20. The number of hydrogen-bond donors (Lipinski definition) is 1. The molecule has 6 heteroatoms. The van der Waals surface area contributed by atoms with Crippen molar-refractivity contribution in [3.8, 4) is 17.0 Å². The highest BCUT2D eigenvalue weighted by Crippen LogP contribution is 2.31. The fourth-order valence-corrected chi connectivity index (χ4v) is 4.05. The summed E-state index contributed by atoms with van der Waals surface area (Å²) in [7, 11) is 0. The van der Waals surface area contributed by atoms with E-state index in [2.05, 4.69) is 24.1 Å². The minimum Gasteiger partial charge on any atom is -0.494 e. The molecule has 3 aromatic rings. The van der Waals surface area contributed by atoms with E-state index in [4.69, 9.17) is 4.74 Å². The van der Waals surface area contributed by atoms with E-state index >= 15 is 0 Å². The molecular formula is C25H28N2O3S. The molecule has 0 saturated carbocycles. The van der Waals surface area contributed by atoms with Gasteiger partial charge in [-0.2, -0.15) is 0 Å². The minimum atomic E-state index is -0.209. The molecule has 0 aliphatic carbocycles. The van der Waals surface area contributed by atoms with Gasteiger partial charge in [-0.05, 0) is 49.6 Å². The van der Waals surface area contributed by atoms with Crippen molar-refractivity contribution in [3.05, 3.63) is 64.5 Å². The standard InChI is InChI=1S/C25H28N2O3S/c1-5-30-21-12-10-20(11-13-21)24-17(4)31-25(27-24)26-23(29)15-14-22(28)19-8-6-18(7-9-19)16(2)3/h6-13,16H,5,14-15H2,1-4H3,(H,26,27,29). The van der Waals surface area contributed by atoms with Crippen molar-refractivity contribution in [2.45, 2.75) is 46.5 Å². The molecule has 1 heterocycles. The van der Waals surface area contributed by atoms with E-state index < -0.39 is 0 Å². The number of carbonyl (C=O) groups excluding carboxylic acids is 2. The number of nitrogens with one attached hydrogen (secondary N) is 1. The van der Waals surface area contributed by atoms with Gasteiger partial charge in [0.15, 0.2) is 10.9 Å². The third-order valence-electron chi connectivity index (χ3n) is 4.96. The van der Waals surface area contributed by atoms with Crippen LogP contribution in [0.3, 0.4) is 0 Å². The van der Waals surface area contributed by atoms with E-state index in [1.807, 2.05) is 62.4 Å². The summed E-state index contributed by atoms with van der Waals surface area (Å²) in [5.41, 5.74) is 3.64. The highest BCUT2D eigenvalue weighted by atomic mass is 32.1. The van der Waals surface area contributed by atoms with Crippen molar-refractivity contribution in [2.75, 3.05) is 11.9 Å². The van der Waals surface area contributed by atoms with Gasteiger partial charge in [0.05, 0.1) is 12.3 Å². The molecule has 2 aromatic carbocycles. The number of ether oxygens (including phenoxy) is 1. The highest BCUT2D eigenvalue weighted by molar-refractivity contribution is 7.16. The maximum absolute atomic E-state index is 12.4. The minimum absolute atomic E-state index is 0.0316. The van der Waals surface area contributed by atoms with Crippen molar-refractivity contribution in [2.24, 2.45) is 0 Å². The first-order valence-electron chi connectivity index (χ1n) is 10.5. The molecule has 0 spiro atoms. The zero-order valence-electron chi connectivity index (χ0n) is 18.4. The van der Waals surface area contributed by atoms with Gasteiger partial charge in [-0.1, -0.05) is 38.1 Å². The summed E-state index contributed by atoms with van der Waals surface area (Å²) in [6, 6.07) is 15.4. The van der Waals surface area contributed by atoms with Crippen LogP contribution in [0, 0.1) is 6.92 Å². The molecule has 0 unspecified atom stereocenters. The quantitative estimate of drug-likeness (QED) is 0.403. The number of thiazole rings is 1. The van der Waals surface area contributed by atoms with Crippen LogP contribution in [-0.4, -0.2) is 23.3 Å². The first kappa shape index (κ1) is 22.7. The summed E-state index contributed by atoms with van der Waals surface area (Å²) < 4.78 is 5.48. The molecular weight excluding hydrogens is 408 g/mol. The number of amides is 1. The van der Waals surface area contributed by atoms with Crippen LogP contribution in [0.1, 0.15) is 60.3 Å². The van der Waals surface area contributed by atoms with Gasteiger partial charge in [0, 0.05) is 28.8 Å². The average Bonchev–Trinajstić information content (AvgIpc) is 3.12. The molecule has 5 nitrogen and oxygen atoms in total. The van der Waals surface area contributed by atoms with Crippen LogP contribution in [-0.2, 0) is 4.79 Å². The molecule has 1 N–H and O–H groups in total. The first-order valence-corrected chi connectivity index (χ1v) is 11.3. The summed E-state index contributed by atoms with van der Waals surface area (Å²) in [4.78, 5) is 30.3. The monoisotopic (exact) mass is 436 g/mol. The highest BCUT2D eigenvalue weighted by Gasteiger charge is 2.14. The van der Waals surface area contributed by atoms with Crippen LogP contribution in [0.2, 0.25) is 0 Å². The Hall–Kier alpha value is -2.99. The predicted octanol–water partition coefficient (Wildman–Crippen LogP) is 6.24. The van der Waals surface area contributed by atoms with Crippen LogP contribution in [0.4, 0.5) is 5.13 Å². The van der Waals surface area contributed by atoms with Gasteiger partial charge in [0.1, 0.15) is 5.75 Å². The SMILES string of the molecule is CCOc1ccc(-c2nc(NC(=O)CCC(=O)c3ccc(C(C)C)cc3)sc2C)cc1. The van der Waals surface area contributed by atoms with Gasteiger partial charge in [-0.15, -0.1) is 11.3 Å². The summed E-state index contributed by atoms with van der Waals surface area (Å²) in [5, 5.41) is 3.37. The Bertz CT molecular complexity index is 1040. The van der Waals surface area contributed by atoms with Crippen molar-refractivity contribution in [3.63, 3.8) is 0 Å². The third kappa shape index (κ3) is 6.01. The molecule has 31 heavy (non-hydrogen) atoms. The molecule has 0 atom stereocenters. The second-order valence-electron chi connectivity index (χ2n) is 7.63. The molecule has 0 aliphatic heterocycles. The lowest BCUT2D eigenvalue weighted by atomic mass is 9.99. The number of aryl methyl sites for hydroxylation is 1. The number of Topliss-reactive ketones (excluding diaryl/α,β-unsaturated/α-hetero) is 1. The van der Waals surface area contributed by atoms with Crippen molar-refractivity contribution in [1.82, 2.24) is 4.98 Å². The largest absolute Gasteiger partial charge is 0.494 e. The van der Waals surface area contributed by atoms with Crippen LogP contribution in [0.5, 0.6) is 5.75 Å². The summed E-state index contributed by atoms with van der Waals surface area (Å²) in [5.74, 6) is 0.996. The number of hydrogen-bond acceptors (Lipinski definition) is 5. The molecule has 0 aliphatic rings. The predicted molar refractivity (Wildman–Crippen MR) is 126 cm³/mol. The molecule has 0 bridgehead atoms. The van der Waals surface area contributed by atoms with Gasteiger partial charge < -0.3 is 10.1 Å². The summed E-state index contributed by atoms with van der Waals surface area (Å²) >= 11 is 1.43. The lowest BCUT2D eigenvalue weighted by Gasteiger charge is -2.06. The van der Waals surface area contributed by atoms with Crippen LogP contribution in [0.15, 0.2) is 48.5 Å². The number of anilines is 1. The normalized spacial score (nSPS) is 10.9. The number of nitrogens with zero attached hydrogens (tertiary/aromatic N) is 1. The van der Waals surface area contributed by atoms with E-state index in [0.717, 1.165) is 21.9 Å². The topological polar surface area (TPSA) is 68.3 Å². The maximum atomic E-state index is 12.4. The zero-order valence-corrected chi connectivity index (χ0v) is 19.2. The molecule has 0 saturated heterocycles. The number of benzene rings is 2. The molecule has 3 rings (SSSR count). The van der Waals surface area contributed by atoms with Gasteiger partial charge in [0.2, 0.25) is 5.91 Å². The van der Waals surface area contributed by atoms with Crippen LogP contribution >= 0.6 is 11.3 Å². The molecule has 1 aromatic heterocycles. The summed E-state index contributed by atoms with van der Waals surface area (Å²) in [6.45, 7) is 8.77. The van der Waals surface area contributed by atoms with Crippen LogP contribution < -0.4 is 10.1 Å².